The van der Waals surface area contributed by atoms with Crippen molar-refractivity contribution in [3.63, 3.8) is 0 Å². The van der Waals surface area contributed by atoms with Crippen LogP contribution in [0.5, 0.6) is 0 Å². The summed E-state index contributed by atoms with van der Waals surface area (Å²) in [4.78, 5) is 34.5. The fraction of sp³-hybridized carbons (Fsp3) is 0. The Hall–Kier alpha value is -4.43. The van der Waals surface area contributed by atoms with Gasteiger partial charge in [-0.15, -0.1) is 11.3 Å². The SMILES string of the molecule is NC(=O)c1sc2nc(-c3ccccc3F)cc(-c3ccccc3)c2c1NC(=O)c1cccnc1. The molecule has 0 fully saturated rings. The Morgan fingerprint density at radius 1 is 0.941 bits per heavy atom. The van der Waals surface area contributed by atoms with Gasteiger partial charge >= 0.3 is 0 Å². The number of benzene rings is 2. The molecule has 0 aliphatic rings. The van der Waals surface area contributed by atoms with Crippen LogP contribution < -0.4 is 11.1 Å². The molecule has 3 N–H and O–H groups in total. The van der Waals surface area contributed by atoms with Crippen LogP contribution in [-0.4, -0.2) is 21.8 Å². The molecule has 0 atom stereocenters. The summed E-state index contributed by atoms with van der Waals surface area (Å²) in [6.07, 6.45) is 2.99. The van der Waals surface area contributed by atoms with Gasteiger partial charge in [-0.1, -0.05) is 42.5 Å². The zero-order valence-electron chi connectivity index (χ0n) is 17.7. The number of primary amides is 1. The highest BCUT2D eigenvalue weighted by atomic mass is 32.1. The third-order valence-corrected chi connectivity index (χ3v) is 6.38. The molecule has 34 heavy (non-hydrogen) atoms. The van der Waals surface area contributed by atoms with E-state index in [9.17, 15) is 14.0 Å². The Bertz CT molecular complexity index is 1540. The molecule has 8 heteroatoms. The van der Waals surface area contributed by atoms with Crippen LogP contribution >= 0.6 is 11.3 Å². The number of hydrogen-bond donors (Lipinski definition) is 2. The van der Waals surface area contributed by atoms with E-state index in [2.05, 4.69) is 15.3 Å². The van der Waals surface area contributed by atoms with Gasteiger partial charge in [0.2, 0.25) is 0 Å². The molecule has 5 rings (SSSR count). The minimum atomic E-state index is -0.698. The summed E-state index contributed by atoms with van der Waals surface area (Å²) >= 11 is 1.05. The number of anilines is 1. The van der Waals surface area contributed by atoms with Crippen molar-refractivity contribution in [3.8, 4) is 22.4 Å². The van der Waals surface area contributed by atoms with Crippen LogP contribution in [-0.2, 0) is 0 Å². The zero-order chi connectivity index (χ0) is 23.7. The number of amides is 2. The first-order valence-corrected chi connectivity index (χ1v) is 11.1. The van der Waals surface area contributed by atoms with E-state index in [1.807, 2.05) is 30.3 Å². The van der Waals surface area contributed by atoms with Crippen LogP contribution in [0, 0.1) is 5.82 Å². The number of rotatable bonds is 5. The van der Waals surface area contributed by atoms with Crippen LogP contribution in [0.25, 0.3) is 32.6 Å². The van der Waals surface area contributed by atoms with Crippen molar-refractivity contribution >= 4 is 39.1 Å². The molecule has 0 unspecified atom stereocenters. The van der Waals surface area contributed by atoms with E-state index in [4.69, 9.17) is 5.73 Å². The molecule has 0 saturated carbocycles. The number of nitrogens with two attached hydrogens (primary N) is 1. The average Bonchev–Trinajstić information content (AvgIpc) is 3.23. The molecule has 3 heterocycles. The van der Waals surface area contributed by atoms with Crippen molar-refractivity contribution in [2.75, 3.05) is 5.32 Å². The molecule has 0 radical (unpaired) electrons. The van der Waals surface area contributed by atoms with Crippen molar-refractivity contribution in [1.82, 2.24) is 9.97 Å². The van der Waals surface area contributed by atoms with E-state index in [1.54, 1.807) is 42.6 Å². The summed E-state index contributed by atoms with van der Waals surface area (Å²) < 4.78 is 14.6. The lowest BCUT2D eigenvalue weighted by molar-refractivity contribution is 0.100. The van der Waals surface area contributed by atoms with E-state index in [1.165, 1.54) is 12.3 Å². The lowest BCUT2D eigenvalue weighted by Crippen LogP contribution is -2.16. The molecule has 2 aromatic carbocycles. The number of aromatic nitrogens is 2. The van der Waals surface area contributed by atoms with E-state index in [-0.39, 0.29) is 10.6 Å². The predicted molar refractivity (Wildman–Crippen MR) is 131 cm³/mol. The number of nitrogens with one attached hydrogen (secondary N) is 1. The minimum Gasteiger partial charge on any atom is -0.365 e. The number of pyridine rings is 2. The maximum absolute atomic E-state index is 14.6. The van der Waals surface area contributed by atoms with E-state index < -0.39 is 17.6 Å². The molecule has 0 spiro atoms. The lowest BCUT2D eigenvalue weighted by atomic mass is 9.99. The Labute approximate surface area is 197 Å². The molecular weight excluding hydrogens is 451 g/mol. The Morgan fingerprint density at radius 2 is 1.71 bits per heavy atom. The van der Waals surface area contributed by atoms with E-state index in [0.717, 1.165) is 16.9 Å². The average molecular weight is 469 g/mol. The normalized spacial score (nSPS) is 10.9. The highest BCUT2D eigenvalue weighted by molar-refractivity contribution is 7.21. The Kier molecular flexibility index (Phi) is 5.57. The molecule has 3 aromatic heterocycles. The molecular formula is C26H17FN4O2S. The number of hydrogen-bond acceptors (Lipinski definition) is 5. The number of halogens is 1. The first kappa shape index (κ1) is 21.4. The first-order chi connectivity index (χ1) is 16.5. The molecule has 0 aliphatic heterocycles. The third kappa shape index (κ3) is 3.91. The second-order valence-corrected chi connectivity index (χ2v) is 8.45. The van der Waals surface area contributed by atoms with Gasteiger partial charge in [0.1, 0.15) is 15.5 Å². The second kappa shape index (κ2) is 8.84. The molecule has 5 aromatic rings. The second-order valence-electron chi connectivity index (χ2n) is 7.45. The summed E-state index contributed by atoms with van der Waals surface area (Å²) in [5.41, 5.74) is 8.52. The van der Waals surface area contributed by atoms with Gasteiger partial charge in [0, 0.05) is 23.3 Å². The first-order valence-electron chi connectivity index (χ1n) is 10.3. The van der Waals surface area contributed by atoms with E-state index >= 15 is 0 Å². The quantitative estimate of drug-likeness (QED) is 0.355. The monoisotopic (exact) mass is 468 g/mol. The van der Waals surface area contributed by atoms with Crippen molar-refractivity contribution < 1.29 is 14.0 Å². The molecule has 0 bridgehead atoms. The summed E-state index contributed by atoms with van der Waals surface area (Å²) in [7, 11) is 0. The fourth-order valence-electron chi connectivity index (χ4n) is 3.73. The number of thiophene rings is 1. The van der Waals surface area contributed by atoms with Crippen LogP contribution in [0.1, 0.15) is 20.0 Å². The van der Waals surface area contributed by atoms with Crippen LogP contribution in [0.4, 0.5) is 10.1 Å². The van der Waals surface area contributed by atoms with Crippen molar-refractivity contribution in [2.24, 2.45) is 5.73 Å². The maximum atomic E-state index is 14.6. The van der Waals surface area contributed by atoms with Gasteiger partial charge in [-0.05, 0) is 41.5 Å². The number of carbonyl (C=O) groups is 2. The van der Waals surface area contributed by atoms with Gasteiger partial charge in [-0.25, -0.2) is 9.37 Å². The van der Waals surface area contributed by atoms with Gasteiger partial charge in [-0.3, -0.25) is 14.6 Å². The molecule has 0 aliphatic carbocycles. The number of carbonyl (C=O) groups excluding carboxylic acids is 2. The van der Waals surface area contributed by atoms with Crippen LogP contribution in [0.15, 0.2) is 85.2 Å². The maximum Gasteiger partial charge on any atom is 0.261 e. The largest absolute Gasteiger partial charge is 0.365 e. The molecule has 0 saturated heterocycles. The Balaban J connectivity index is 1.78. The predicted octanol–water partition coefficient (Wildman–Crippen LogP) is 5.52. The standard InChI is InChI=1S/C26H17FN4O2S/c27-19-11-5-4-10-17(19)20-13-18(15-7-2-1-3-8-15)21-22(23(24(28)32)34-26(21)30-20)31-25(33)16-9-6-12-29-14-16/h1-14H,(H2,28,32)(H,31,33). The highest BCUT2D eigenvalue weighted by Crippen LogP contribution is 2.43. The number of fused-ring (bicyclic) bond motifs is 1. The van der Waals surface area contributed by atoms with Crippen molar-refractivity contribution in [3.05, 3.63) is 101 Å². The van der Waals surface area contributed by atoms with Gasteiger partial charge in [0.25, 0.3) is 11.8 Å². The van der Waals surface area contributed by atoms with Gasteiger partial charge < -0.3 is 11.1 Å². The van der Waals surface area contributed by atoms with Gasteiger partial charge in [-0.2, -0.15) is 0 Å². The molecule has 2 amide bonds. The van der Waals surface area contributed by atoms with Crippen LogP contribution in [0.2, 0.25) is 0 Å². The van der Waals surface area contributed by atoms with Crippen LogP contribution in [0.3, 0.4) is 0 Å². The van der Waals surface area contributed by atoms with Crippen molar-refractivity contribution in [2.45, 2.75) is 0 Å². The summed E-state index contributed by atoms with van der Waals surface area (Å²) in [6.45, 7) is 0. The zero-order valence-corrected chi connectivity index (χ0v) is 18.5. The smallest absolute Gasteiger partial charge is 0.261 e. The lowest BCUT2D eigenvalue weighted by Gasteiger charge is -2.11. The summed E-state index contributed by atoms with van der Waals surface area (Å²) in [5.74, 6) is -1.55. The van der Waals surface area contributed by atoms with Gasteiger partial charge in [0.05, 0.1) is 16.9 Å². The van der Waals surface area contributed by atoms with Crippen molar-refractivity contribution in [1.29, 1.82) is 0 Å². The molecule has 6 nitrogen and oxygen atoms in total. The minimum absolute atomic E-state index is 0.155. The highest BCUT2D eigenvalue weighted by Gasteiger charge is 2.24. The topological polar surface area (TPSA) is 98.0 Å². The number of nitrogens with zero attached hydrogens (tertiary/aromatic N) is 2. The third-order valence-electron chi connectivity index (χ3n) is 5.28. The van der Waals surface area contributed by atoms with Gasteiger partial charge in [0.15, 0.2) is 0 Å². The molecule has 166 valence electrons. The summed E-state index contributed by atoms with van der Waals surface area (Å²) in [6, 6.07) is 20.8. The fourth-order valence-corrected chi connectivity index (χ4v) is 4.73. The van der Waals surface area contributed by atoms with E-state index in [0.29, 0.717) is 32.6 Å². The summed E-state index contributed by atoms with van der Waals surface area (Å²) in [5, 5.41) is 3.39. The Morgan fingerprint density at radius 3 is 2.41 bits per heavy atom.